The molecule has 0 bridgehead atoms. The van der Waals surface area contributed by atoms with E-state index >= 15 is 0 Å². The minimum absolute atomic E-state index is 0.149. The normalized spacial score (nSPS) is 10.2. The van der Waals surface area contributed by atoms with E-state index in [2.05, 4.69) is 4.98 Å². The fraction of sp³-hybridized carbons (Fsp3) is 0.154. The molecule has 0 aliphatic carbocycles. The Bertz CT molecular complexity index is 617. The van der Waals surface area contributed by atoms with Crippen molar-refractivity contribution in [1.82, 2.24) is 4.98 Å². The Hall–Kier alpha value is -2.14. The van der Waals surface area contributed by atoms with Crippen molar-refractivity contribution in [2.75, 3.05) is 0 Å². The van der Waals surface area contributed by atoms with Crippen LogP contribution in [0.5, 0.6) is 5.75 Å². The Balaban J connectivity index is 2.17. The summed E-state index contributed by atoms with van der Waals surface area (Å²) in [6, 6.07) is 10.3. The lowest BCUT2D eigenvalue weighted by molar-refractivity contribution is -0.390. The van der Waals surface area contributed by atoms with Gasteiger partial charge in [-0.15, -0.1) is 0 Å². The predicted octanol–water partition coefficient (Wildman–Crippen LogP) is 3.53. The molecular weight excluding hydrogens is 268 g/mol. The molecule has 0 amide bonds. The van der Waals surface area contributed by atoms with Gasteiger partial charge in [0.15, 0.2) is 0 Å². The molecule has 0 aliphatic heterocycles. The van der Waals surface area contributed by atoms with Crippen LogP contribution in [0.1, 0.15) is 11.3 Å². The van der Waals surface area contributed by atoms with E-state index in [1.807, 2.05) is 6.07 Å². The number of nitro groups is 1. The maximum atomic E-state index is 10.9. The van der Waals surface area contributed by atoms with Gasteiger partial charge in [0.25, 0.3) is 0 Å². The number of aryl methyl sites for hydroxylation is 1. The van der Waals surface area contributed by atoms with Gasteiger partial charge in [-0.2, -0.15) is 0 Å². The van der Waals surface area contributed by atoms with Crippen LogP contribution in [0.4, 0.5) is 5.82 Å². The zero-order valence-electron chi connectivity index (χ0n) is 10.2. The first kappa shape index (κ1) is 13.3. The molecule has 19 heavy (non-hydrogen) atoms. The van der Waals surface area contributed by atoms with Crippen LogP contribution in [0.25, 0.3) is 0 Å². The minimum atomic E-state index is -0.555. The third-order valence-corrected chi connectivity index (χ3v) is 2.67. The van der Waals surface area contributed by atoms with Gasteiger partial charge in [-0.3, -0.25) is 0 Å². The van der Waals surface area contributed by atoms with Crippen LogP contribution in [0.2, 0.25) is 5.02 Å². The van der Waals surface area contributed by atoms with Crippen molar-refractivity contribution >= 4 is 17.4 Å². The van der Waals surface area contributed by atoms with Crippen LogP contribution in [0.3, 0.4) is 0 Å². The molecule has 0 saturated carbocycles. The molecule has 1 aromatic carbocycles. The number of ether oxygens (including phenoxy) is 1. The molecule has 0 spiro atoms. The summed E-state index contributed by atoms with van der Waals surface area (Å²) in [7, 11) is 0. The SMILES string of the molecule is Cc1ccc(OCc2cccc(Cl)c2)c([N+](=O)[O-])n1. The summed E-state index contributed by atoms with van der Waals surface area (Å²) in [6.45, 7) is 1.89. The van der Waals surface area contributed by atoms with Crippen molar-refractivity contribution in [2.24, 2.45) is 0 Å². The first-order valence-electron chi connectivity index (χ1n) is 5.55. The smallest absolute Gasteiger partial charge is 0.406 e. The fourth-order valence-electron chi connectivity index (χ4n) is 1.56. The summed E-state index contributed by atoms with van der Waals surface area (Å²) in [5.41, 5.74) is 1.41. The van der Waals surface area contributed by atoms with Gasteiger partial charge in [-0.25, -0.2) is 0 Å². The van der Waals surface area contributed by atoms with Crippen molar-refractivity contribution in [1.29, 1.82) is 0 Å². The molecule has 1 aromatic heterocycles. The summed E-state index contributed by atoms with van der Waals surface area (Å²) in [4.78, 5) is 14.2. The number of benzene rings is 1. The Morgan fingerprint density at radius 1 is 1.37 bits per heavy atom. The van der Waals surface area contributed by atoms with Crippen LogP contribution in [0.15, 0.2) is 36.4 Å². The number of aromatic nitrogens is 1. The van der Waals surface area contributed by atoms with Crippen molar-refractivity contribution in [2.45, 2.75) is 13.5 Å². The average Bonchev–Trinajstić information content (AvgIpc) is 2.37. The quantitative estimate of drug-likeness (QED) is 0.634. The maximum Gasteiger partial charge on any atom is 0.406 e. The summed E-state index contributed by atoms with van der Waals surface area (Å²) in [5, 5.41) is 11.5. The Morgan fingerprint density at radius 2 is 2.16 bits per heavy atom. The number of rotatable bonds is 4. The standard InChI is InChI=1S/C13H11ClN2O3/c1-9-5-6-12(13(15-9)16(17)18)19-8-10-3-2-4-11(14)7-10/h2-7H,8H2,1H3. The van der Waals surface area contributed by atoms with Gasteiger partial charge in [0.1, 0.15) is 12.3 Å². The van der Waals surface area contributed by atoms with Gasteiger partial charge in [0.05, 0.1) is 0 Å². The minimum Gasteiger partial charge on any atom is -0.481 e. The van der Waals surface area contributed by atoms with Gasteiger partial charge < -0.3 is 14.9 Å². The highest BCUT2D eigenvalue weighted by Crippen LogP contribution is 2.25. The van der Waals surface area contributed by atoms with E-state index in [-0.39, 0.29) is 18.2 Å². The Kier molecular flexibility index (Phi) is 3.97. The number of nitrogens with zero attached hydrogens (tertiary/aromatic N) is 2. The fourth-order valence-corrected chi connectivity index (χ4v) is 1.77. The topological polar surface area (TPSA) is 65.3 Å². The van der Waals surface area contributed by atoms with Crippen LogP contribution in [0, 0.1) is 17.0 Å². The molecule has 0 saturated heterocycles. The molecule has 0 atom stereocenters. The van der Waals surface area contributed by atoms with Crippen LogP contribution < -0.4 is 4.74 Å². The predicted molar refractivity (Wildman–Crippen MR) is 71.4 cm³/mol. The van der Waals surface area contributed by atoms with Gasteiger partial charge in [-0.05, 0) is 39.7 Å². The average molecular weight is 279 g/mol. The van der Waals surface area contributed by atoms with E-state index in [0.717, 1.165) is 5.56 Å². The lowest BCUT2D eigenvalue weighted by Crippen LogP contribution is -2.01. The second kappa shape index (κ2) is 5.67. The molecule has 2 rings (SSSR count). The largest absolute Gasteiger partial charge is 0.481 e. The van der Waals surface area contributed by atoms with Crippen LogP contribution >= 0.6 is 11.6 Å². The molecule has 0 unspecified atom stereocenters. The second-order valence-corrected chi connectivity index (χ2v) is 4.39. The van der Waals surface area contributed by atoms with Crippen molar-refractivity contribution in [3.63, 3.8) is 0 Å². The van der Waals surface area contributed by atoms with E-state index in [1.165, 1.54) is 0 Å². The van der Waals surface area contributed by atoms with Crippen molar-refractivity contribution < 1.29 is 9.66 Å². The highest BCUT2D eigenvalue weighted by molar-refractivity contribution is 6.30. The number of halogens is 1. The molecular formula is C13H11ClN2O3. The van der Waals surface area contributed by atoms with E-state index < -0.39 is 4.92 Å². The lowest BCUT2D eigenvalue weighted by Gasteiger charge is -2.06. The molecule has 2 aromatic rings. The zero-order valence-corrected chi connectivity index (χ0v) is 10.9. The Labute approximate surface area is 115 Å². The number of pyridine rings is 1. The summed E-state index contributed by atoms with van der Waals surface area (Å²) < 4.78 is 5.43. The number of hydrogen-bond donors (Lipinski definition) is 0. The molecule has 5 nitrogen and oxygen atoms in total. The number of hydrogen-bond acceptors (Lipinski definition) is 4. The van der Waals surface area contributed by atoms with E-state index in [1.54, 1.807) is 37.3 Å². The Morgan fingerprint density at radius 3 is 2.84 bits per heavy atom. The third-order valence-electron chi connectivity index (χ3n) is 2.43. The van der Waals surface area contributed by atoms with Gasteiger partial charge in [0.2, 0.25) is 5.75 Å². The summed E-state index contributed by atoms with van der Waals surface area (Å²) >= 11 is 5.85. The monoisotopic (exact) mass is 278 g/mol. The highest BCUT2D eigenvalue weighted by Gasteiger charge is 2.17. The van der Waals surface area contributed by atoms with E-state index in [0.29, 0.717) is 10.7 Å². The molecule has 0 aliphatic rings. The first-order valence-corrected chi connectivity index (χ1v) is 5.93. The van der Waals surface area contributed by atoms with Gasteiger partial charge in [0, 0.05) is 11.9 Å². The van der Waals surface area contributed by atoms with E-state index in [9.17, 15) is 10.1 Å². The lowest BCUT2D eigenvalue weighted by atomic mass is 10.2. The van der Waals surface area contributed by atoms with Crippen LogP contribution in [-0.2, 0) is 6.61 Å². The molecule has 0 fully saturated rings. The molecule has 0 N–H and O–H groups in total. The van der Waals surface area contributed by atoms with Crippen molar-refractivity contribution in [3.05, 3.63) is 62.8 Å². The summed E-state index contributed by atoms with van der Waals surface area (Å²) in [6.07, 6.45) is 0. The zero-order chi connectivity index (χ0) is 13.8. The van der Waals surface area contributed by atoms with Gasteiger partial charge in [-0.1, -0.05) is 23.7 Å². The molecule has 6 heteroatoms. The first-order chi connectivity index (χ1) is 9.06. The second-order valence-electron chi connectivity index (χ2n) is 3.95. The molecule has 1 heterocycles. The molecule has 0 radical (unpaired) electrons. The summed E-state index contributed by atoms with van der Waals surface area (Å²) in [5.74, 6) is -0.127. The van der Waals surface area contributed by atoms with Crippen molar-refractivity contribution in [3.8, 4) is 5.75 Å². The van der Waals surface area contributed by atoms with Gasteiger partial charge >= 0.3 is 5.82 Å². The maximum absolute atomic E-state index is 10.9. The van der Waals surface area contributed by atoms with E-state index in [4.69, 9.17) is 16.3 Å². The third kappa shape index (κ3) is 3.42. The highest BCUT2D eigenvalue weighted by atomic mass is 35.5. The molecule has 98 valence electrons. The van der Waals surface area contributed by atoms with Crippen LogP contribution in [-0.4, -0.2) is 9.91 Å².